The second kappa shape index (κ2) is 7.17. The zero-order valence-corrected chi connectivity index (χ0v) is 14.8. The average molecular weight is 362 g/mol. The van der Waals surface area contributed by atoms with E-state index in [9.17, 15) is 9.18 Å². The minimum atomic E-state index is -0.258. The number of hydrogen-bond donors (Lipinski definition) is 3. The molecule has 0 aliphatic heterocycles. The van der Waals surface area contributed by atoms with Crippen LogP contribution in [0.3, 0.4) is 0 Å². The smallest absolute Gasteiger partial charge is 0.306 e. The molecule has 4 aromatic rings. The molecule has 27 heavy (non-hydrogen) atoms. The summed E-state index contributed by atoms with van der Waals surface area (Å²) < 4.78 is 13.1. The predicted octanol–water partition coefficient (Wildman–Crippen LogP) is 3.91. The Labute approximate surface area is 155 Å². The Kier molecular flexibility index (Phi) is 4.56. The van der Waals surface area contributed by atoms with Crippen molar-refractivity contribution in [1.29, 1.82) is 0 Å². The number of aromatic nitrogens is 3. The maximum atomic E-state index is 13.1. The topological polar surface area (TPSA) is 73.6 Å². The lowest BCUT2D eigenvalue weighted by atomic mass is 10.1. The van der Waals surface area contributed by atoms with Gasteiger partial charge in [-0.1, -0.05) is 12.1 Å². The second-order valence-electron chi connectivity index (χ2n) is 6.51. The molecule has 136 valence electrons. The molecule has 0 aliphatic rings. The van der Waals surface area contributed by atoms with Gasteiger partial charge in [0.2, 0.25) is 0 Å². The molecule has 0 saturated heterocycles. The SMILES string of the molecule is CC(NCc1cccc(-c2ccc(F)cc2)n1)c1ccc2[nH]c(=O)[nH]c2c1. The van der Waals surface area contributed by atoms with Crippen molar-refractivity contribution in [2.75, 3.05) is 0 Å². The van der Waals surface area contributed by atoms with Crippen LogP contribution in [0, 0.1) is 5.82 Å². The van der Waals surface area contributed by atoms with Crippen molar-refractivity contribution in [2.45, 2.75) is 19.5 Å². The predicted molar refractivity (Wildman–Crippen MR) is 104 cm³/mol. The molecule has 1 unspecified atom stereocenters. The molecular weight excluding hydrogens is 343 g/mol. The second-order valence-corrected chi connectivity index (χ2v) is 6.51. The normalized spacial score (nSPS) is 12.4. The van der Waals surface area contributed by atoms with Gasteiger partial charge in [-0.2, -0.15) is 0 Å². The quantitative estimate of drug-likeness (QED) is 0.504. The van der Waals surface area contributed by atoms with Crippen molar-refractivity contribution in [3.8, 4) is 11.3 Å². The maximum absolute atomic E-state index is 13.1. The number of benzene rings is 2. The summed E-state index contributed by atoms with van der Waals surface area (Å²) in [5.41, 5.74) is 5.06. The fraction of sp³-hybridized carbons (Fsp3) is 0.143. The van der Waals surface area contributed by atoms with E-state index in [1.807, 2.05) is 36.4 Å². The van der Waals surface area contributed by atoms with Crippen molar-refractivity contribution in [1.82, 2.24) is 20.3 Å². The Morgan fingerprint density at radius 1 is 1.04 bits per heavy atom. The number of fused-ring (bicyclic) bond motifs is 1. The molecule has 0 bridgehead atoms. The molecule has 0 spiro atoms. The average Bonchev–Trinajstić information content (AvgIpc) is 3.06. The van der Waals surface area contributed by atoms with Crippen LogP contribution in [0.5, 0.6) is 0 Å². The zero-order valence-electron chi connectivity index (χ0n) is 14.8. The number of hydrogen-bond acceptors (Lipinski definition) is 3. The molecule has 6 heteroatoms. The van der Waals surface area contributed by atoms with Crippen molar-refractivity contribution in [2.24, 2.45) is 0 Å². The highest BCUT2D eigenvalue weighted by Crippen LogP contribution is 2.19. The first-order valence-electron chi connectivity index (χ1n) is 8.76. The van der Waals surface area contributed by atoms with Crippen molar-refractivity contribution in [3.05, 3.63) is 88.2 Å². The van der Waals surface area contributed by atoms with E-state index in [-0.39, 0.29) is 17.5 Å². The molecule has 0 amide bonds. The van der Waals surface area contributed by atoms with Crippen LogP contribution in [0.4, 0.5) is 4.39 Å². The van der Waals surface area contributed by atoms with E-state index in [2.05, 4.69) is 27.2 Å². The molecule has 2 aromatic heterocycles. The molecule has 2 heterocycles. The van der Waals surface area contributed by atoms with Crippen molar-refractivity contribution >= 4 is 11.0 Å². The van der Waals surface area contributed by atoms with Gasteiger partial charge in [0.1, 0.15) is 5.82 Å². The molecular formula is C21H19FN4O. The van der Waals surface area contributed by atoms with Crippen LogP contribution in [0.25, 0.3) is 22.3 Å². The Morgan fingerprint density at radius 3 is 2.63 bits per heavy atom. The zero-order chi connectivity index (χ0) is 18.8. The summed E-state index contributed by atoms with van der Waals surface area (Å²) in [7, 11) is 0. The van der Waals surface area contributed by atoms with Gasteiger partial charge in [0.15, 0.2) is 0 Å². The summed E-state index contributed by atoms with van der Waals surface area (Å²) >= 11 is 0. The maximum Gasteiger partial charge on any atom is 0.323 e. The summed E-state index contributed by atoms with van der Waals surface area (Å²) in [5.74, 6) is -0.258. The van der Waals surface area contributed by atoms with Gasteiger partial charge in [0.05, 0.1) is 22.4 Å². The first-order chi connectivity index (χ1) is 13.1. The number of H-pyrrole nitrogens is 2. The number of halogens is 1. The highest BCUT2D eigenvalue weighted by molar-refractivity contribution is 5.75. The van der Waals surface area contributed by atoms with Crippen molar-refractivity contribution < 1.29 is 4.39 Å². The van der Waals surface area contributed by atoms with E-state index in [0.29, 0.717) is 6.54 Å². The van der Waals surface area contributed by atoms with Gasteiger partial charge in [-0.05, 0) is 61.0 Å². The molecule has 3 N–H and O–H groups in total. The van der Waals surface area contributed by atoms with Gasteiger partial charge in [0, 0.05) is 18.2 Å². The fourth-order valence-electron chi connectivity index (χ4n) is 3.05. The van der Waals surface area contributed by atoms with Crippen LogP contribution in [0.1, 0.15) is 24.2 Å². The van der Waals surface area contributed by atoms with Crippen molar-refractivity contribution in [3.63, 3.8) is 0 Å². The van der Waals surface area contributed by atoms with Crippen LogP contribution < -0.4 is 11.0 Å². The van der Waals surface area contributed by atoms with Gasteiger partial charge >= 0.3 is 5.69 Å². The fourth-order valence-corrected chi connectivity index (χ4v) is 3.05. The summed E-state index contributed by atoms with van der Waals surface area (Å²) in [5, 5.41) is 3.45. The van der Waals surface area contributed by atoms with E-state index in [0.717, 1.165) is 33.5 Å². The molecule has 2 aromatic carbocycles. The molecule has 1 atom stereocenters. The number of pyridine rings is 1. The van der Waals surface area contributed by atoms with Gasteiger partial charge in [-0.15, -0.1) is 0 Å². The molecule has 0 radical (unpaired) electrons. The summed E-state index contributed by atoms with van der Waals surface area (Å²) in [4.78, 5) is 21.6. The molecule has 0 fully saturated rings. The number of nitrogens with zero attached hydrogens (tertiary/aromatic N) is 1. The highest BCUT2D eigenvalue weighted by atomic mass is 19.1. The van der Waals surface area contributed by atoms with E-state index >= 15 is 0 Å². The third-order valence-electron chi connectivity index (χ3n) is 4.58. The molecule has 0 aliphatic carbocycles. The van der Waals surface area contributed by atoms with Gasteiger partial charge < -0.3 is 15.3 Å². The Balaban J connectivity index is 1.48. The van der Waals surface area contributed by atoms with E-state index < -0.39 is 0 Å². The Hall–Kier alpha value is -3.25. The first-order valence-corrected chi connectivity index (χ1v) is 8.76. The first kappa shape index (κ1) is 17.2. The third kappa shape index (κ3) is 3.80. The lowest BCUT2D eigenvalue weighted by Crippen LogP contribution is -2.18. The Morgan fingerprint density at radius 2 is 1.81 bits per heavy atom. The van der Waals surface area contributed by atoms with Crippen LogP contribution >= 0.6 is 0 Å². The summed E-state index contributed by atoms with van der Waals surface area (Å²) in [6, 6.07) is 18.1. The van der Waals surface area contributed by atoms with Gasteiger partial charge in [-0.25, -0.2) is 9.18 Å². The minimum absolute atomic E-state index is 0.0871. The molecule has 5 nitrogen and oxygen atoms in total. The minimum Gasteiger partial charge on any atom is -0.306 e. The third-order valence-corrected chi connectivity index (χ3v) is 4.58. The monoisotopic (exact) mass is 362 g/mol. The highest BCUT2D eigenvalue weighted by Gasteiger charge is 2.08. The molecule has 0 saturated carbocycles. The van der Waals surface area contributed by atoms with Crippen LogP contribution in [0.2, 0.25) is 0 Å². The van der Waals surface area contributed by atoms with Crippen LogP contribution in [0.15, 0.2) is 65.5 Å². The standard InChI is InChI=1S/C21H19FN4O/c1-13(15-7-10-19-20(11-15)26-21(27)25-19)23-12-17-3-2-4-18(24-17)14-5-8-16(22)9-6-14/h2-11,13,23H,12H2,1H3,(H2,25,26,27). The Bertz CT molecular complexity index is 1130. The van der Waals surface area contributed by atoms with E-state index in [1.165, 1.54) is 12.1 Å². The van der Waals surface area contributed by atoms with Gasteiger partial charge in [0.25, 0.3) is 0 Å². The largest absolute Gasteiger partial charge is 0.323 e. The summed E-state index contributed by atoms with van der Waals surface area (Å²) in [6.45, 7) is 2.66. The summed E-state index contributed by atoms with van der Waals surface area (Å²) in [6.07, 6.45) is 0. The number of aromatic amines is 2. The van der Waals surface area contributed by atoms with E-state index in [1.54, 1.807) is 12.1 Å². The number of rotatable bonds is 5. The van der Waals surface area contributed by atoms with Crippen LogP contribution in [-0.2, 0) is 6.54 Å². The number of imidazole rings is 1. The molecule has 4 rings (SSSR count). The van der Waals surface area contributed by atoms with Crippen LogP contribution in [-0.4, -0.2) is 15.0 Å². The lowest BCUT2D eigenvalue weighted by Gasteiger charge is -2.14. The van der Waals surface area contributed by atoms with E-state index in [4.69, 9.17) is 0 Å². The van der Waals surface area contributed by atoms with Gasteiger partial charge in [-0.3, -0.25) is 4.98 Å². The lowest BCUT2D eigenvalue weighted by molar-refractivity contribution is 0.568. The number of nitrogens with one attached hydrogen (secondary N) is 3.